The first kappa shape index (κ1) is 17.7. The number of hydrogen-bond donors (Lipinski definition) is 1. The summed E-state index contributed by atoms with van der Waals surface area (Å²) in [5.41, 5.74) is 0.555. The Bertz CT molecular complexity index is 533. The third kappa shape index (κ3) is 4.44. The Labute approximate surface area is 139 Å². The number of nitrogens with zero attached hydrogens (tertiary/aromatic N) is 2. The summed E-state index contributed by atoms with van der Waals surface area (Å²) in [6.45, 7) is 10.8. The molecule has 5 heteroatoms. The maximum absolute atomic E-state index is 12.8. The highest BCUT2D eigenvalue weighted by molar-refractivity contribution is 5.88. The van der Waals surface area contributed by atoms with E-state index in [1.165, 1.54) is 0 Å². The van der Waals surface area contributed by atoms with Crippen molar-refractivity contribution in [3.63, 3.8) is 0 Å². The van der Waals surface area contributed by atoms with Crippen LogP contribution in [0.1, 0.15) is 65.5 Å². The van der Waals surface area contributed by atoms with E-state index in [1.807, 2.05) is 33.8 Å². The van der Waals surface area contributed by atoms with Crippen LogP contribution in [-0.2, 0) is 4.74 Å². The van der Waals surface area contributed by atoms with Crippen LogP contribution in [0.3, 0.4) is 0 Å². The molecule has 1 aliphatic heterocycles. The van der Waals surface area contributed by atoms with Crippen LogP contribution in [0, 0.1) is 0 Å². The van der Waals surface area contributed by atoms with Gasteiger partial charge in [-0.1, -0.05) is 13.0 Å². The molecule has 5 nitrogen and oxygen atoms in total. The molecule has 0 aliphatic carbocycles. The quantitative estimate of drug-likeness (QED) is 0.910. The molecule has 1 amide bonds. The summed E-state index contributed by atoms with van der Waals surface area (Å²) < 4.78 is 5.62. The molecule has 1 fully saturated rings. The van der Waals surface area contributed by atoms with E-state index in [4.69, 9.17) is 4.74 Å². The van der Waals surface area contributed by atoms with Gasteiger partial charge in [-0.05, 0) is 59.6 Å². The fourth-order valence-corrected chi connectivity index (χ4v) is 2.80. The largest absolute Gasteiger partial charge is 0.443 e. The van der Waals surface area contributed by atoms with Crippen LogP contribution in [-0.4, -0.2) is 29.3 Å². The zero-order valence-corrected chi connectivity index (χ0v) is 14.9. The van der Waals surface area contributed by atoms with Gasteiger partial charge in [0.1, 0.15) is 11.4 Å². The molecule has 2 atom stereocenters. The maximum Gasteiger partial charge on any atom is 0.416 e. The van der Waals surface area contributed by atoms with E-state index in [0.717, 1.165) is 37.2 Å². The number of nitrogens with one attached hydrogen (secondary N) is 1. The molecule has 0 spiro atoms. The van der Waals surface area contributed by atoms with Crippen molar-refractivity contribution >= 4 is 11.9 Å². The highest BCUT2D eigenvalue weighted by Crippen LogP contribution is 2.32. The predicted octanol–water partition coefficient (Wildman–Crippen LogP) is 4.05. The summed E-state index contributed by atoms with van der Waals surface area (Å²) in [6.07, 6.45) is 4.47. The minimum atomic E-state index is -0.524. The van der Waals surface area contributed by atoms with E-state index in [9.17, 15) is 4.79 Å². The lowest BCUT2D eigenvalue weighted by Crippen LogP contribution is -2.43. The SMILES string of the molecule is CCC(C)N(C(=O)OC(C)(C)C)c1ncccc1C1CCCN1. The first-order chi connectivity index (χ1) is 10.8. The van der Waals surface area contributed by atoms with Gasteiger partial charge in [-0.2, -0.15) is 0 Å². The summed E-state index contributed by atoms with van der Waals surface area (Å²) in [4.78, 5) is 19.0. The molecular formula is C18H29N3O2. The summed E-state index contributed by atoms with van der Waals surface area (Å²) in [5, 5.41) is 3.49. The van der Waals surface area contributed by atoms with Crippen LogP contribution in [0.25, 0.3) is 0 Å². The molecular weight excluding hydrogens is 290 g/mol. The third-order valence-electron chi connectivity index (χ3n) is 4.10. The number of carbonyl (C=O) groups excluding carboxylic acids is 1. The zero-order chi connectivity index (χ0) is 17.0. The Hall–Kier alpha value is -1.62. The maximum atomic E-state index is 12.8. The Morgan fingerprint density at radius 2 is 2.26 bits per heavy atom. The first-order valence-electron chi connectivity index (χ1n) is 8.54. The van der Waals surface area contributed by atoms with Gasteiger partial charge in [0, 0.05) is 23.8 Å². The van der Waals surface area contributed by atoms with Crippen molar-refractivity contribution in [2.45, 2.75) is 71.6 Å². The molecule has 0 bridgehead atoms. The van der Waals surface area contributed by atoms with Gasteiger partial charge in [-0.3, -0.25) is 4.90 Å². The number of anilines is 1. The molecule has 0 aromatic carbocycles. The second-order valence-corrected chi connectivity index (χ2v) is 7.17. The molecule has 128 valence electrons. The molecule has 0 radical (unpaired) electrons. The molecule has 1 aliphatic rings. The van der Waals surface area contributed by atoms with E-state index < -0.39 is 5.60 Å². The van der Waals surface area contributed by atoms with Gasteiger partial charge in [-0.15, -0.1) is 0 Å². The Kier molecular flexibility index (Phi) is 5.63. The van der Waals surface area contributed by atoms with Crippen molar-refractivity contribution in [1.82, 2.24) is 10.3 Å². The lowest BCUT2D eigenvalue weighted by atomic mass is 10.0. The lowest BCUT2D eigenvalue weighted by Gasteiger charge is -2.32. The monoisotopic (exact) mass is 319 g/mol. The van der Waals surface area contributed by atoms with E-state index in [0.29, 0.717) is 0 Å². The number of carbonyl (C=O) groups is 1. The fraction of sp³-hybridized carbons (Fsp3) is 0.667. The average Bonchev–Trinajstić information content (AvgIpc) is 3.00. The molecule has 2 heterocycles. The van der Waals surface area contributed by atoms with Crippen molar-refractivity contribution in [2.24, 2.45) is 0 Å². The molecule has 2 rings (SSSR count). The molecule has 0 saturated carbocycles. The highest BCUT2D eigenvalue weighted by atomic mass is 16.6. The number of ether oxygens (including phenoxy) is 1. The minimum Gasteiger partial charge on any atom is -0.443 e. The van der Waals surface area contributed by atoms with Gasteiger partial charge in [0.2, 0.25) is 0 Å². The van der Waals surface area contributed by atoms with Crippen molar-refractivity contribution in [2.75, 3.05) is 11.4 Å². The number of pyridine rings is 1. The Morgan fingerprint density at radius 1 is 1.52 bits per heavy atom. The lowest BCUT2D eigenvalue weighted by molar-refractivity contribution is 0.0565. The van der Waals surface area contributed by atoms with Gasteiger partial charge in [0.05, 0.1) is 0 Å². The third-order valence-corrected chi connectivity index (χ3v) is 4.10. The van der Waals surface area contributed by atoms with Crippen LogP contribution in [0.4, 0.5) is 10.6 Å². The van der Waals surface area contributed by atoms with Crippen molar-refractivity contribution in [3.05, 3.63) is 23.9 Å². The van der Waals surface area contributed by atoms with Gasteiger partial charge >= 0.3 is 6.09 Å². The van der Waals surface area contributed by atoms with Gasteiger partial charge in [0.15, 0.2) is 0 Å². The Balaban J connectivity index is 2.37. The van der Waals surface area contributed by atoms with Crippen LogP contribution in [0.5, 0.6) is 0 Å². The van der Waals surface area contributed by atoms with E-state index in [2.05, 4.69) is 23.3 Å². The number of rotatable bonds is 4. The van der Waals surface area contributed by atoms with Crippen LogP contribution in [0.15, 0.2) is 18.3 Å². The topological polar surface area (TPSA) is 54.5 Å². The highest BCUT2D eigenvalue weighted by Gasteiger charge is 2.31. The predicted molar refractivity (Wildman–Crippen MR) is 92.7 cm³/mol. The standard InChI is InChI=1S/C18H29N3O2/c1-6-13(2)21(17(22)23-18(3,4)5)16-14(9-7-12-20-16)15-10-8-11-19-15/h7,9,12-13,15,19H,6,8,10-11H2,1-5H3. The summed E-state index contributed by atoms with van der Waals surface area (Å²) in [6, 6.07) is 4.28. The minimum absolute atomic E-state index is 0.0277. The van der Waals surface area contributed by atoms with Crippen molar-refractivity contribution < 1.29 is 9.53 Å². The molecule has 1 aromatic rings. The molecule has 1 aromatic heterocycles. The normalized spacial score (nSPS) is 19.4. The molecule has 2 unspecified atom stereocenters. The molecule has 1 saturated heterocycles. The van der Waals surface area contributed by atoms with E-state index in [1.54, 1.807) is 11.1 Å². The second kappa shape index (κ2) is 7.30. The summed E-state index contributed by atoms with van der Waals surface area (Å²) in [5.74, 6) is 0.718. The van der Waals surface area contributed by atoms with Gasteiger partial charge < -0.3 is 10.1 Å². The Morgan fingerprint density at radius 3 is 2.83 bits per heavy atom. The van der Waals surface area contributed by atoms with Crippen molar-refractivity contribution in [3.8, 4) is 0 Å². The smallest absolute Gasteiger partial charge is 0.416 e. The van der Waals surface area contributed by atoms with Gasteiger partial charge in [-0.25, -0.2) is 9.78 Å². The summed E-state index contributed by atoms with van der Waals surface area (Å²) in [7, 11) is 0. The van der Waals surface area contributed by atoms with Crippen LogP contribution < -0.4 is 10.2 Å². The fourth-order valence-electron chi connectivity index (χ4n) is 2.80. The van der Waals surface area contributed by atoms with E-state index in [-0.39, 0.29) is 18.2 Å². The molecule has 23 heavy (non-hydrogen) atoms. The number of hydrogen-bond acceptors (Lipinski definition) is 4. The van der Waals surface area contributed by atoms with Crippen LogP contribution in [0.2, 0.25) is 0 Å². The van der Waals surface area contributed by atoms with Crippen molar-refractivity contribution in [1.29, 1.82) is 0 Å². The van der Waals surface area contributed by atoms with E-state index >= 15 is 0 Å². The zero-order valence-electron chi connectivity index (χ0n) is 14.9. The first-order valence-corrected chi connectivity index (χ1v) is 8.54. The number of amides is 1. The summed E-state index contributed by atoms with van der Waals surface area (Å²) >= 11 is 0. The second-order valence-electron chi connectivity index (χ2n) is 7.17. The van der Waals surface area contributed by atoms with Crippen LogP contribution >= 0.6 is 0 Å². The number of aromatic nitrogens is 1. The molecule has 1 N–H and O–H groups in total. The van der Waals surface area contributed by atoms with Gasteiger partial charge in [0.25, 0.3) is 0 Å². The average molecular weight is 319 g/mol.